The fraction of sp³-hybridized carbons (Fsp3) is 0.190. The molecule has 3 aromatic rings. The van der Waals surface area contributed by atoms with Gasteiger partial charge in [0, 0.05) is 11.9 Å². The summed E-state index contributed by atoms with van der Waals surface area (Å²) in [4.78, 5) is 12.2. The molecule has 0 radical (unpaired) electrons. The van der Waals surface area contributed by atoms with Crippen LogP contribution in [-0.2, 0) is 11.2 Å². The summed E-state index contributed by atoms with van der Waals surface area (Å²) in [5, 5.41) is 5.06. The largest absolute Gasteiger partial charge is 0.480 e. The molecule has 0 aromatic heterocycles. The maximum Gasteiger partial charge on any atom is 0.260 e. The minimum absolute atomic E-state index is 0.0983. The van der Waals surface area contributed by atoms with Crippen molar-refractivity contribution in [1.82, 2.24) is 5.32 Å². The number of carbonyl (C=O) groups is 1. The maximum absolute atomic E-state index is 12.2. The zero-order chi connectivity index (χ0) is 16.8. The minimum atomic E-state index is -0.536. The summed E-state index contributed by atoms with van der Waals surface area (Å²) in [6.07, 6.45) is 0.277. The van der Waals surface area contributed by atoms with E-state index in [1.54, 1.807) is 6.92 Å². The summed E-state index contributed by atoms with van der Waals surface area (Å²) >= 11 is 0. The van der Waals surface area contributed by atoms with Gasteiger partial charge in [-0.1, -0.05) is 66.7 Å². The summed E-state index contributed by atoms with van der Waals surface area (Å²) in [5.41, 5.74) is 1.21. The zero-order valence-corrected chi connectivity index (χ0v) is 13.7. The average Bonchev–Trinajstić information content (AvgIpc) is 2.63. The van der Waals surface area contributed by atoms with E-state index in [2.05, 4.69) is 17.4 Å². The Hall–Kier alpha value is -2.81. The Bertz CT molecular complexity index is 809. The number of fused-ring (bicyclic) bond motifs is 1. The van der Waals surface area contributed by atoms with Gasteiger partial charge in [0.2, 0.25) is 0 Å². The molecule has 0 heterocycles. The molecular formula is C21H21NO2. The SMILES string of the molecule is CC(Oc1cccc2ccccc12)C(=O)NCCc1ccccc1. The molecule has 1 unspecified atom stereocenters. The van der Waals surface area contributed by atoms with Crippen LogP contribution in [0, 0.1) is 0 Å². The lowest BCUT2D eigenvalue weighted by Crippen LogP contribution is -2.37. The Morgan fingerprint density at radius 3 is 2.50 bits per heavy atom. The number of hydrogen-bond donors (Lipinski definition) is 1. The summed E-state index contributed by atoms with van der Waals surface area (Å²) < 4.78 is 5.88. The Kier molecular flexibility index (Phi) is 5.12. The minimum Gasteiger partial charge on any atom is -0.480 e. The van der Waals surface area contributed by atoms with E-state index in [1.807, 2.05) is 60.7 Å². The van der Waals surface area contributed by atoms with E-state index in [4.69, 9.17) is 4.74 Å². The molecule has 1 amide bonds. The van der Waals surface area contributed by atoms with Crippen molar-refractivity contribution in [3.8, 4) is 5.75 Å². The van der Waals surface area contributed by atoms with Crippen LogP contribution < -0.4 is 10.1 Å². The number of amides is 1. The highest BCUT2D eigenvalue weighted by Crippen LogP contribution is 2.25. The third-order valence-corrected chi connectivity index (χ3v) is 3.98. The quantitative estimate of drug-likeness (QED) is 0.746. The first-order chi connectivity index (χ1) is 11.7. The van der Waals surface area contributed by atoms with Crippen LogP contribution in [0.2, 0.25) is 0 Å². The van der Waals surface area contributed by atoms with Gasteiger partial charge in [-0.2, -0.15) is 0 Å². The molecule has 3 nitrogen and oxygen atoms in total. The van der Waals surface area contributed by atoms with E-state index in [-0.39, 0.29) is 5.91 Å². The van der Waals surface area contributed by atoms with Crippen molar-refractivity contribution in [1.29, 1.82) is 0 Å². The van der Waals surface area contributed by atoms with Gasteiger partial charge >= 0.3 is 0 Å². The first-order valence-corrected chi connectivity index (χ1v) is 8.20. The van der Waals surface area contributed by atoms with E-state index in [1.165, 1.54) is 5.56 Å². The molecule has 24 heavy (non-hydrogen) atoms. The molecule has 0 aliphatic heterocycles. The lowest BCUT2D eigenvalue weighted by atomic mass is 10.1. The van der Waals surface area contributed by atoms with Crippen LogP contribution in [-0.4, -0.2) is 18.6 Å². The van der Waals surface area contributed by atoms with E-state index in [0.717, 1.165) is 22.9 Å². The average molecular weight is 319 g/mol. The number of nitrogens with one attached hydrogen (secondary N) is 1. The molecule has 0 saturated carbocycles. The number of ether oxygens (including phenoxy) is 1. The second kappa shape index (κ2) is 7.64. The van der Waals surface area contributed by atoms with Gasteiger partial charge in [0.15, 0.2) is 6.10 Å². The Labute approximate surface area is 142 Å². The van der Waals surface area contributed by atoms with E-state index < -0.39 is 6.10 Å². The van der Waals surface area contributed by atoms with Crippen molar-refractivity contribution in [2.45, 2.75) is 19.4 Å². The van der Waals surface area contributed by atoms with Gasteiger partial charge in [-0.25, -0.2) is 0 Å². The number of benzene rings is 3. The number of hydrogen-bond acceptors (Lipinski definition) is 2. The van der Waals surface area contributed by atoms with Crippen molar-refractivity contribution in [3.63, 3.8) is 0 Å². The van der Waals surface area contributed by atoms with Gasteiger partial charge in [0.25, 0.3) is 5.91 Å². The summed E-state index contributed by atoms with van der Waals surface area (Å²) in [5.74, 6) is 0.637. The van der Waals surface area contributed by atoms with Crippen molar-refractivity contribution < 1.29 is 9.53 Å². The highest BCUT2D eigenvalue weighted by molar-refractivity contribution is 5.89. The van der Waals surface area contributed by atoms with Gasteiger partial charge < -0.3 is 10.1 Å². The third-order valence-electron chi connectivity index (χ3n) is 3.98. The van der Waals surface area contributed by atoms with Gasteiger partial charge in [-0.3, -0.25) is 4.79 Å². The fourth-order valence-electron chi connectivity index (χ4n) is 2.66. The predicted molar refractivity (Wildman–Crippen MR) is 97.2 cm³/mol. The van der Waals surface area contributed by atoms with E-state index in [9.17, 15) is 4.79 Å². The summed E-state index contributed by atoms with van der Waals surface area (Å²) in [6, 6.07) is 24.0. The standard InChI is InChI=1S/C21H21NO2/c1-16(21(23)22-15-14-17-8-3-2-4-9-17)24-20-13-7-11-18-10-5-6-12-19(18)20/h2-13,16H,14-15H2,1H3,(H,22,23). The van der Waals surface area contributed by atoms with Crippen LogP contribution in [0.5, 0.6) is 5.75 Å². The molecule has 0 aliphatic rings. The molecular weight excluding hydrogens is 298 g/mol. The Morgan fingerprint density at radius 2 is 1.67 bits per heavy atom. The molecule has 3 rings (SSSR count). The second-order valence-corrected chi connectivity index (χ2v) is 5.76. The Morgan fingerprint density at radius 1 is 0.958 bits per heavy atom. The predicted octanol–water partition coefficient (Wildman–Crippen LogP) is 3.97. The smallest absolute Gasteiger partial charge is 0.260 e. The third kappa shape index (κ3) is 3.93. The van der Waals surface area contributed by atoms with Crippen molar-refractivity contribution in [2.75, 3.05) is 6.54 Å². The molecule has 0 bridgehead atoms. The van der Waals surface area contributed by atoms with Crippen LogP contribution in [0.3, 0.4) is 0 Å². The van der Waals surface area contributed by atoms with E-state index in [0.29, 0.717) is 6.54 Å². The van der Waals surface area contributed by atoms with Crippen LogP contribution in [0.1, 0.15) is 12.5 Å². The van der Waals surface area contributed by atoms with Gasteiger partial charge in [0.05, 0.1) is 0 Å². The molecule has 0 fully saturated rings. The summed E-state index contributed by atoms with van der Waals surface area (Å²) in [7, 11) is 0. The zero-order valence-electron chi connectivity index (χ0n) is 13.7. The highest BCUT2D eigenvalue weighted by atomic mass is 16.5. The van der Waals surface area contributed by atoms with Crippen LogP contribution in [0.15, 0.2) is 72.8 Å². The molecule has 3 aromatic carbocycles. The first-order valence-electron chi connectivity index (χ1n) is 8.20. The molecule has 122 valence electrons. The highest BCUT2D eigenvalue weighted by Gasteiger charge is 2.15. The number of carbonyl (C=O) groups excluding carboxylic acids is 1. The first kappa shape index (κ1) is 16.1. The van der Waals surface area contributed by atoms with Crippen LogP contribution >= 0.6 is 0 Å². The molecule has 3 heteroatoms. The van der Waals surface area contributed by atoms with Crippen molar-refractivity contribution in [2.24, 2.45) is 0 Å². The molecule has 1 N–H and O–H groups in total. The van der Waals surface area contributed by atoms with E-state index >= 15 is 0 Å². The van der Waals surface area contributed by atoms with Gasteiger partial charge in [-0.05, 0) is 30.4 Å². The van der Waals surface area contributed by atoms with Gasteiger partial charge in [0.1, 0.15) is 5.75 Å². The fourth-order valence-corrected chi connectivity index (χ4v) is 2.66. The normalized spacial score (nSPS) is 11.9. The van der Waals surface area contributed by atoms with Crippen LogP contribution in [0.4, 0.5) is 0 Å². The Balaban J connectivity index is 1.57. The maximum atomic E-state index is 12.2. The topological polar surface area (TPSA) is 38.3 Å². The molecule has 0 saturated heterocycles. The molecule has 1 atom stereocenters. The summed E-state index contributed by atoms with van der Waals surface area (Å²) in [6.45, 7) is 2.38. The molecule has 0 spiro atoms. The molecule has 0 aliphatic carbocycles. The second-order valence-electron chi connectivity index (χ2n) is 5.76. The lowest BCUT2D eigenvalue weighted by Gasteiger charge is -2.16. The van der Waals surface area contributed by atoms with Gasteiger partial charge in [-0.15, -0.1) is 0 Å². The lowest BCUT2D eigenvalue weighted by molar-refractivity contribution is -0.127. The van der Waals surface area contributed by atoms with Crippen molar-refractivity contribution >= 4 is 16.7 Å². The van der Waals surface area contributed by atoms with Crippen molar-refractivity contribution in [3.05, 3.63) is 78.4 Å². The van der Waals surface area contributed by atoms with Crippen LogP contribution in [0.25, 0.3) is 10.8 Å². The monoisotopic (exact) mass is 319 g/mol. The number of rotatable bonds is 6.